The van der Waals surface area contributed by atoms with Gasteiger partial charge in [-0.15, -0.1) is 0 Å². The van der Waals surface area contributed by atoms with Gasteiger partial charge in [0.15, 0.2) is 0 Å². The summed E-state index contributed by atoms with van der Waals surface area (Å²) in [4.78, 5) is 4.45. The molecular weight excluding hydrogens is 208 g/mol. The van der Waals surface area contributed by atoms with Crippen LogP contribution in [-0.4, -0.2) is 9.38 Å². The second-order valence-corrected chi connectivity index (χ2v) is 4.45. The molecule has 0 saturated carbocycles. The molecule has 0 aliphatic carbocycles. The third-order valence-electron chi connectivity index (χ3n) is 2.98. The van der Waals surface area contributed by atoms with E-state index in [0.717, 1.165) is 11.3 Å². The van der Waals surface area contributed by atoms with Crippen LogP contribution in [0.4, 0.5) is 0 Å². The van der Waals surface area contributed by atoms with E-state index >= 15 is 0 Å². The molecule has 0 amide bonds. The Morgan fingerprint density at radius 3 is 2.65 bits per heavy atom. The van der Waals surface area contributed by atoms with E-state index in [0.29, 0.717) is 0 Å². The third kappa shape index (κ3) is 1.72. The van der Waals surface area contributed by atoms with Crippen molar-refractivity contribution in [3.05, 3.63) is 59.9 Å². The van der Waals surface area contributed by atoms with Crippen molar-refractivity contribution >= 4 is 5.65 Å². The Morgan fingerprint density at radius 2 is 1.82 bits per heavy atom. The zero-order valence-corrected chi connectivity index (χ0v) is 10.0. The van der Waals surface area contributed by atoms with Gasteiger partial charge in [-0.2, -0.15) is 0 Å². The largest absolute Gasteiger partial charge is 0.300 e. The van der Waals surface area contributed by atoms with Crippen molar-refractivity contribution < 1.29 is 0 Å². The molecule has 2 heteroatoms. The van der Waals surface area contributed by atoms with Gasteiger partial charge in [0, 0.05) is 11.8 Å². The van der Waals surface area contributed by atoms with Gasteiger partial charge < -0.3 is 0 Å². The van der Waals surface area contributed by atoms with Crippen LogP contribution in [0, 0.1) is 13.8 Å². The fourth-order valence-corrected chi connectivity index (χ4v) is 2.10. The Morgan fingerprint density at radius 1 is 1.00 bits per heavy atom. The normalized spacial score (nSPS) is 10.9. The molecule has 0 aliphatic rings. The number of rotatable bonds is 1. The molecule has 0 aliphatic heterocycles. The van der Waals surface area contributed by atoms with Crippen LogP contribution in [0.15, 0.2) is 48.8 Å². The lowest BCUT2D eigenvalue weighted by molar-refractivity contribution is 1.17. The maximum Gasteiger partial charge on any atom is 0.137 e. The minimum absolute atomic E-state index is 1.00. The second-order valence-electron chi connectivity index (χ2n) is 4.45. The number of aromatic nitrogens is 2. The fraction of sp³-hybridized carbons (Fsp3) is 0.133. The van der Waals surface area contributed by atoms with Gasteiger partial charge in [-0.3, -0.25) is 4.40 Å². The molecule has 84 valence electrons. The van der Waals surface area contributed by atoms with Gasteiger partial charge in [-0.1, -0.05) is 23.8 Å². The third-order valence-corrected chi connectivity index (χ3v) is 2.98. The van der Waals surface area contributed by atoms with E-state index in [1.807, 2.05) is 6.20 Å². The van der Waals surface area contributed by atoms with E-state index in [2.05, 4.69) is 65.8 Å². The maximum atomic E-state index is 4.45. The zero-order valence-electron chi connectivity index (χ0n) is 10.0. The summed E-state index contributed by atoms with van der Waals surface area (Å²) < 4.78 is 2.13. The van der Waals surface area contributed by atoms with Crippen LogP contribution < -0.4 is 0 Å². The fourth-order valence-electron chi connectivity index (χ4n) is 2.10. The first kappa shape index (κ1) is 10.1. The molecule has 0 N–H and O–H groups in total. The Kier molecular flexibility index (Phi) is 2.22. The highest BCUT2D eigenvalue weighted by molar-refractivity contribution is 5.64. The van der Waals surface area contributed by atoms with Gasteiger partial charge in [-0.25, -0.2) is 4.98 Å². The molecule has 0 spiro atoms. The molecule has 1 aromatic carbocycles. The van der Waals surface area contributed by atoms with E-state index in [1.54, 1.807) is 0 Å². The topological polar surface area (TPSA) is 17.3 Å². The number of fused-ring (bicyclic) bond motifs is 1. The van der Waals surface area contributed by atoms with Crippen LogP contribution in [0.2, 0.25) is 0 Å². The zero-order chi connectivity index (χ0) is 11.8. The first-order chi connectivity index (χ1) is 8.24. The molecule has 0 atom stereocenters. The summed E-state index contributed by atoms with van der Waals surface area (Å²) in [5, 5.41) is 0. The van der Waals surface area contributed by atoms with Crippen molar-refractivity contribution in [2.45, 2.75) is 13.8 Å². The summed E-state index contributed by atoms with van der Waals surface area (Å²) >= 11 is 0. The van der Waals surface area contributed by atoms with Gasteiger partial charge in [-0.05, 0) is 37.6 Å². The lowest BCUT2D eigenvalue weighted by Crippen LogP contribution is -1.88. The van der Waals surface area contributed by atoms with Crippen molar-refractivity contribution in [1.82, 2.24) is 9.38 Å². The molecule has 2 nitrogen and oxygen atoms in total. The molecule has 0 bridgehead atoms. The molecule has 0 unspecified atom stereocenters. The van der Waals surface area contributed by atoms with Crippen LogP contribution in [-0.2, 0) is 0 Å². The molecule has 3 rings (SSSR count). The van der Waals surface area contributed by atoms with Crippen LogP contribution in [0.5, 0.6) is 0 Å². The van der Waals surface area contributed by atoms with Gasteiger partial charge in [0.2, 0.25) is 0 Å². The van der Waals surface area contributed by atoms with Gasteiger partial charge in [0.05, 0.1) is 11.9 Å². The summed E-state index contributed by atoms with van der Waals surface area (Å²) in [5.74, 6) is 0. The highest BCUT2D eigenvalue weighted by atomic mass is 15.0. The van der Waals surface area contributed by atoms with Crippen molar-refractivity contribution in [3.8, 4) is 11.3 Å². The lowest BCUT2D eigenvalue weighted by atomic mass is 10.1. The van der Waals surface area contributed by atoms with Crippen molar-refractivity contribution in [1.29, 1.82) is 0 Å². The minimum atomic E-state index is 1.00. The Balaban J connectivity index is 2.24. The Bertz CT molecular complexity index is 680. The Hall–Kier alpha value is -2.09. The van der Waals surface area contributed by atoms with Crippen LogP contribution in [0.25, 0.3) is 16.9 Å². The monoisotopic (exact) mass is 222 g/mol. The number of aryl methyl sites for hydroxylation is 2. The maximum absolute atomic E-state index is 4.45. The van der Waals surface area contributed by atoms with Crippen LogP contribution in [0.3, 0.4) is 0 Å². The SMILES string of the molecule is Cc1cccc(-c2cnc3cc(C)ccn23)c1. The average molecular weight is 222 g/mol. The summed E-state index contributed by atoms with van der Waals surface area (Å²) in [6, 6.07) is 12.7. The molecule has 3 aromatic rings. The van der Waals surface area contributed by atoms with Gasteiger partial charge in [0.1, 0.15) is 5.65 Å². The highest BCUT2D eigenvalue weighted by Gasteiger charge is 2.05. The van der Waals surface area contributed by atoms with Crippen LogP contribution in [0.1, 0.15) is 11.1 Å². The first-order valence-corrected chi connectivity index (χ1v) is 5.75. The van der Waals surface area contributed by atoms with E-state index in [-0.39, 0.29) is 0 Å². The smallest absolute Gasteiger partial charge is 0.137 e. The second kappa shape index (κ2) is 3.74. The molecular formula is C15H14N2. The molecule has 0 saturated heterocycles. The number of imidazole rings is 1. The van der Waals surface area contributed by atoms with E-state index in [1.165, 1.54) is 16.7 Å². The molecule has 0 radical (unpaired) electrons. The van der Waals surface area contributed by atoms with Crippen molar-refractivity contribution in [2.75, 3.05) is 0 Å². The van der Waals surface area contributed by atoms with E-state index in [4.69, 9.17) is 0 Å². The molecule has 2 aromatic heterocycles. The predicted molar refractivity (Wildman–Crippen MR) is 70.1 cm³/mol. The quantitative estimate of drug-likeness (QED) is 0.614. The summed E-state index contributed by atoms with van der Waals surface area (Å²) in [5.41, 5.74) is 5.86. The summed E-state index contributed by atoms with van der Waals surface area (Å²) in [6.45, 7) is 4.19. The highest BCUT2D eigenvalue weighted by Crippen LogP contribution is 2.21. The minimum Gasteiger partial charge on any atom is -0.300 e. The molecule has 17 heavy (non-hydrogen) atoms. The number of hydrogen-bond donors (Lipinski definition) is 0. The van der Waals surface area contributed by atoms with Crippen molar-refractivity contribution in [3.63, 3.8) is 0 Å². The van der Waals surface area contributed by atoms with Crippen molar-refractivity contribution in [2.24, 2.45) is 0 Å². The molecule has 0 fully saturated rings. The summed E-state index contributed by atoms with van der Waals surface area (Å²) in [6.07, 6.45) is 4.01. The summed E-state index contributed by atoms with van der Waals surface area (Å²) in [7, 11) is 0. The van der Waals surface area contributed by atoms with E-state index < -0.39 is 0 Å². The van der Waals surface area contributed by atoms with E-state index in [9.17, 15) is 0 Å². The average Bonchev–Trinajstić information content (AvgIpc) is 2.71. The number of pyridine rings is 1. The Labute approximate surface area is 101 Å². The number of hydrogen-bond acceptors (Lipinski definition) is 1. The van der Waals surface area contributed by atoms with Gasteiger partial charge >= 0.3 is 0 Å². The first-order valence-electron chi connectivity index (χ1n) is 5.75. The standard InChI is InChI=1S/C15H14N2/c1-11-4-3-5-13(8-11)14-10-16-15-9-12(2)6-7-17(14)15/h3-10H,1-2H3. The number of nitrogens with zero attached hydrogens (tertiary/aromatic N) is 2. The van der Waals surface area contributed by atoms with Crippen LogP contribution >= 0.6 is 0 Å². The lowest BCUT2D eigenvalue weighted by Gasteiger charge is -2.03. The number of benzene rings is 1. The van der Waals surface area contributed by atoms with Gasteiger partial charge in [0.25, 0.3) is 0 Å². The predicted octanol–water partition coefficient (Wildman–Crippen LogP) is 3.62. The molecule has 2 heterocycles.